The lowest BCUT2D eigenvalue weighted by atomic mass is 9.77. The van der Waals surface area contributed by atoms with E-state index >= 15 is 0 Å². The van der Waals surface area contributed by atoms with E-state index in [4.69, 9.17) is 0 Å². The van der Waals surface area contributed by atoms with Gasteiger partial charge in [-0.15, -0.1) is 0 Å². The lowest BCUT2D eigenvalue weighted by Gasteiger charge is -2.29. The first kappa shape index (κ1) is 15.1. The molecule has 0 aromatic carbocycles. The molecule has 20 heavy (non-hydrogen) atoms. The van der Waals surface area contributed by atoms with E-state index in [2.05, 4.69) is 25.8 Å². The molecule has 1 aromatic rings. The van der Waals surface area contributed by atoms with Crippen molar-refractivity contribution in [1.29, 1.82) is 0 Å². The van der Waals surface area contributed by atoms with Crippen molar-refractivity contribution >= 4 is 5.91 Å². The second-order valence-corrected chi connectivity index (χ2v) is 7.08. The van der Waals surface area contributed by atoms with Crippen LogP contribution in [0.15, 0.2) is 6.33 Å². The highest BCUT2D eigenvalue weighted by Gasteiger charge is 2.29. The van der Waals surface area contributed by atoms with Crippen LogP contribution in [0, 0.1) is 18.3 Å². The maximum absolute atomic E-state index is 12.7. The maximum Gasteiger partial charge on any atom is 0.272 e. The van der Waals surface area contributed by atoms with Crippen LogP contribution in [0.3, 0.4) is 0 Å². The number of carbonyl (C=O) groups is 1. The van der Waals surface area contributed by atoms with Crippen molar-refractivity contribution < 1.29 is 4.79 Å². The van der Waals surface area contributed by atoms with Gasteiger partial charge in [-0.25, -0.2) is 4.98 Å². The number of aryl methyl sites for hydroxylation is 2. The van der Waals surface area contributed by atoms with Crippen LogP contribution in [0.4, 0.5) is 0 Å². The van der Waals surface area contributed by atoms with Gasteiger partial charge in [0.05, 0.1) is 12.0 Å². The van der Waals surface area contributed by atoms with Gasteiger partial charge in [-0.3, -0.25) is 4.79 Å². The average Bonchev–Trinajstić information content (AvgIpc) is 2.58. The van der Waals surface area contributed by atoms with Crippen LogP contribution in [0.2, 0.25) is 0 Å². The summed E-state index contributed by atoms with van der Waals surface area (Å²) >= 11 is 0. The largest absolute Gasteiger partial charge is 0.337 e. The second-order valence-electron chi connectivity index (χ2n) is 7.08. The molecule has 1 unspecified atom stereocenters. The highest BCUT2D eigenvalue weighted by molar-refractivity contribution is 5.93. The summed E-state index contributed by atoms with van der Waals surface area (Å²) in [6.45, 7) is 10.6. The van der Waals surface area contributed by atoms with Crippen LogP contribution in [0.5, 0.6) is 0 Å². The van der Waals surface area contributed by atoms with Crippen LogP contribution in [-0.4, -0.2) is 33.4 Å². The molecule has 1 fully saturated rings. The molecule has 1 saturated heterocycles. The Labute approximate surface area is 122 Å². The molecule has 0 aliphatic carbocycles. The molecule has 1 aromatic heterocycles. The fraction of sp³-hybridized carbons (Fsp3) is 0.750. The molecule has 1 aliphatic rings. The van der Waals surface area contributed by atoms with E-state index in [-0.39, 0.29) is 5.91 Å². The van der Waals surface area contributed by atoms with E-state index in [9.17, 15) is 4.79 Å². The van der Waals surface area contributed by atoms with E-state index in [0.717, 1.165) is 37.3 Å². The Hall–Kier alpha value is -1.32. The Morgan fingerprint density at radius 3 is 2.55 bits per heavy atom. The number of amides is 1. The molecule has 2 rings (SSSR count). The van der Waals surface area contributed by atoms with E-state index in [0.29, 0.717) is 11.3 Å². The summed E-state index contributed by atoms with van der Waals surface area (Å²) in [7, 11) is 1.89. The average molecular weight is 277 g/mol. The van der Waals surface area contributed by atoms with Gasteiger partial charge in [0.2, 0.25) is 0 Å². The Morgan fingerprint density at radius 2 is 2.00 bits per heavy atom. The molecule has 1 aliphatic heterocycles. The summed E-state index contributed by atoms with van der Waals surface area (Å²) in [6, 6.07) is 0. The molecule has 0 radical (unpaired) electrons. The number of aromatic nitrogens is 2. The zero-order chi connectivity index (χ0) is 14.9. The van der Waals surface area contributed by atoms with Crippen LogP contribution in [-0.2, 0) is 7.05 Å². The Bertz CT molecular complexity index is 465. The topological polar surface area (TPSA) is 38.1 Å². The first-order chi connectivity index (χ1) is 9.30. The molecular formula is C16H27N3O. The van der Waals surface area contributed by atoms with Gasteiger partial charge in [0, 0.05) is 20.1 Å². The molecule has 0 spiro atoms. The lowest BCUT2D eigenvalue weighted by molar-refractivity contribution is 0.0745. The number of nitrogens with zero attached hydrogens (tertiary/aromatic N) is 3. The van der Waals surface area contributed by atoms with Gasteiger partial charge in [-0.2, -0.15) is 0 Å². The number of hydrogen-bond donors (Lipinski definition) is 0. The normalized spacial score (nSPS) is 20.9. The van der Waals surface area contributed by atoms with Gasteiger partial charge in [0.1, 0.15) is 5.69 Å². The molecule has 4 nitrogen and oxygen atoms in total. The summed E-state index contributed by atoms with van der Waals surface area (Å²) in [4.78, 5) is 18.9. The summed E-state index contributed by atoms with van der Waals surface area (Å²) in [5.74, 6) is 0.838. The fourth-order valence-corrected chi connectivity index (χ4v) is 3.17. The first-order valence-corrected chi connectivity index (χ1v) is 7.58. The standard InChI is InChI=1S/C16H27N3O/c1-12-14(18(5)11-17-12)15(20)19-9-6-7-13(8-10-19)16(2,3)4/h11,13H,6-10H2,1-5H3. The van der Waals surface area contributed by atoms with Crippen LogP contribution >= 0.6 is 0 Å². The monoisotopic (exact) mass is 277 g/mol. The van der Waals surface area contributed by atoms with Gasteiger partial charge in [-0.1, -0.05) is 20.8 Å². The number of likely N-dealkylation sites (tertiary alicyclic amines) is 1. The zero-order valence-corrected chi connectivity index (χ0v) is 13.4. The van der Waals surface area contributed by atoms with Crippen LogP contribution in [0.25, 0.3) is 0 Å². The third-order valence-corrected chi connectivity index (χ3v) is 4.56. The molecule has 0 bridgehead atoms. The second kappa shape index (κ2) is 5.58. The van der Waals surface area contributed by atoms with Crippen molar-refractivity contribution in [3.05, 3.63) is 17.7 Å². The SMILES string of the molecule is Cc1ncn(C)c1C(=O)N1CCCC(C(C)(C)C)CC1. The quantitative estimate of drug-likeness (QED) is 0.791. The smallest absolute Gasteiger partial charge is 0.272 e. The third-order valence-electron chi connectivity index (χ3n) is 4.56. The van der Waals surface area contributed by atoms with Crippen LogP contribution < -0.4 is 0 Å². The number of carbonyl (C=O) groups excluding carboxylic acids is 1. The molecule has 1 amide bonds. The minimum atomic E-state index is 0.136. The predicted molar refractivity (Wildman–Crippen MR) is 80.6 cm³/mol. The minimum absolute atomic E-state index is 0.136. The Kier molecular flexibility index (Phi) is 4.21. The summed E-state index contributed by atoms with van der Waals surface area (Å²) in [6.07, 6.45) is 5.15. The maximum atomic E-state index is 12.7. The summed E-state index contributed by atoms with van der Waals surface area (Å²) in [5.41, 5.74) is 1.90. The summed E-state index contributed by atoms with van der Waals surface area (Å²) < 4.78 is 1.84. The fourth-order valence-electron chi connectivity index (χ4n) is 3.17. The van der Waals surface area contributed by atoms with Crippen molar-refractivity contribution in [3.63, 3.8) is 0 Å². The lowest BCUT2D eigenvalue weighted by Crippen LogP contribution is -2.34. The molecule has 112 valence electrons. The number of hydrogen-bond acceptors (Lipinski definition) is 2. The van der Waals surface area contributed by atoms with E-state index in [1.807, 2.05) is 23.4 Å². The molecule has 2 heterocycles. The first-order valence-electron chi connectivity index (χ1n) is 7.58. The Morgan fingerprint density at radius 1 is 1.30 bits per heavy atom. The zero-order valence-electron chi connectivity index (χ0n) is 13.4. The van der Waals surface area contributed by atoms with Crippen molar-refractivity contribution in [2.75, 3.05) is 13.1 Å². The highest BCUT2D eigenvalue weighted by atomic mass is 16.2. The third kappa shape index (κ3) is 3.05. The predicted octanol–water partition coefficient (Wildman–Crippen LogP) is 3.02. The summed E-state index contributed by atoms with van der Waals surface area (Å²) in [5, 5.41) is 0. The molecular weight excluding hydrogens is 250 g/mol. The van der Waals surface area contributed by atoms with Crippen molar-refractivity contribution in [1.82, 2.24) is 14.5 Å². The Balaban J connectivity index is 2.09. The van der Waals surface area contributed by atoms with Crippen LogP contribution in [0.1, 0.15) is 56.2 Å². The molecule has 0 saturated carbocycles. The van der Waals surface area contributed by atoms with Crippen molar-refractivity contribution in [3.8, 4) is 0 Å². The van der Waals surface area contributed by atoms with Gasteiger partial charge in [0.25, 0.3) is 5.91 Å². The number of rotatable bonds is 1. The van der Waals surface area contributed by atoms with Crippen molar-refractivity contribution in [2.24, 2.45) is 18.4 Å². The van der Waals surface area contributed by atoms with E-state index in [1.165, 1.54) is 6.42 Å². The van der Waals surface area contributed by atoms with Crippen molar-refractivity contribution in [2.45, 2.75) is 47.0 Å². The molecule has 0 N–H and O–H groups in total. The molecule has 1 atom stereocenters. The highest BCUT2D eigenvalue weighted by Crippen LogP contribution is 2.34. The number of imidazole rings is 1. The van der Waals surface area contributed by atoms with Gasteiger partial charge in [0.15, 0.2) is 0 Å². The van der Waals surface area contributed by atoms with Gasteiger partial charge >= 0.3 is 0 Å². The van der Waals surface area contributed by atoms with E-state index in [1.54, 1.807) is 6.33 Å². The molecule has 4 heteroatoms. The van der Waals surface area contributed by atoms with Gasteiger partial charge in [-0.05, 0) is 37.5 Å². The van der Waals surface area contributed by atoms with E-state index < -0.39 is 0 Å². The minimum Gasteiger partial charge on any atom is -0.337 e. The van der Waals surface area contributed by atoms with Gasteiger partial charge < -0.3 is 9.47 Å².